The Labute approximate surface area is 119 Å². The van der Waals surface area contributed by atoms with E-state index in [-0.39, 0.29) is 17.2 Å². The van der Waals surface area contributed by atoms with Gasteiger partial charge in [-0.05, 0) is 30.3 Å². The highest BCUT2D eigenvalue weighted by atomic mass is 19.1. The number of para-hydroxylation sites is 1. The number of benzene rings is 2. The maximum absolute atomic E-state index is 13.9. The molecule has 3 aromatic rings. The number of nitrogens with two attached hydrogens (primary N) is 1. The molecule has 0 radical (unpaired) electrons. The van der Waals surface area contributed by atoms with Gasteiger partial charge in [0.1, 0.15) is 11.6 Å². The number of nitrogen functional groups attached to an aromatic ring is 1. The van der Waals surface area contributed by atoms with Gasteiger partial charge in [-0.25, -0.2) is 9.37 Å². The van der Waals surface area contributed by atoms with Gasteiger partial charge in [-0.15, -0.1) is 0 Å². The minimum absolute atomic E-state index is 0.102. The summed E-state index contributed by atoms with van der Waals surface area (Å²) in [6.45, 7) is 0. The molecule has 0 saturated heterocycles. The molecular weight excluding hydrogens is 269 g/mol. The van der Waals surface area contributed by atoms with Crippen molar-refractivity contribution < 1.29 is 4.39 Å². The molecule has 0 saturated carbocycles. The third-order valence-corrected chi connectivity index (χ3v) is 2.97. The minimum Gasteiger partial charge on any atom is -0.368 e. The molecule has 0 unspecified atom stereocenters. The van der Waals surface area contributed by atoms with E-state index in [1.54, 1.807) is 6.07 Å². The van der Waals surface area contributed by atoms with Gasteiger partial charge in [0.25, 0.3) is 0 Å². The topological polar surface area (TPSA) is 87.6 Å². The van der Waals surface area contributed by atoms with Crippen molar-refractivity contribution in [2.45, 2.75) is 0 Å². The lowest BCUT2D eigenvalue weighted by Crippen LogP contribution is -2.02. The SMILES string of the molecule is N#Cc1ccc(Nc2nc(N)nc3ccccc23)c(F)c1. The van der Waals surface area contributed by atoms with E-state index < -0.39 is 5.82 Å². The van der Waals surface area contributed by atoms with Crippen LogP contribution in [0, 0.1) is 17.1 Å². The van der Waals surface area contributed by atoms with Crippen molar-refractivity contribution in [3.8, 4) is 6.07 Å². The van der Waals surface area contributed by atoms with E-state index in [4.69, 9.17) is 11.0 Å². The summed E-state index contributed by atoms with van der Waals surface area (Å²) < 4.78 is 13.9. The Kier molecular flexibility index (Phi) is 3.09. The van der Waals surface area contributed by atoms with E-state index in [1.807, 2.05) is 24.3 Å². The first kappa shape index (κ1) is 12.8. The molecule has 1 heterocycles. The zero-order valence-corrected chi connectivity index (χ0v) is 10.8. The van der Waals surface area contributed by atoms with Crippen LogP contribution in [-0.4, -0.2) is 9.97 Å². The zero-order chi connectivity index (χ0) is 14.8. The molecular formula is C15H10FN5. The first-order valence-corrected chi connectivity index (χ1v) is 6.16. The van der Waals surface area contributed by atoms with Gasteiger partial charge in [0, 0.05) is 5.39 Å². The number of fused-ring (bicyclic) bond motifs is 1. The summed E-state index contributed by atoms with van der Waals surface area (Å²) in [6.07, 6.45) is 0. The lowest BCUT2D eigenvalue weighted by atomic mass is 10.2. The van der Waals surface area contributed by atoms with Crippen molar-refractivity contribution in [3.05, 3.63) is 53.8 Å². The molecule has 0 spiro atoms. The van der Waals surface area contributed by atoms with E-state index in [2.05, 4.69) is 15.3 Å². The van der Waals surface area contributed by atoms with E-state index >= 15 is 0 Å². The van der Waals surface area contributed by atoms with Crippen LogP contribution in [0.4, 0.5) is 21.8 Å². The Morgan fingerprint density at radius 3 is 2.71 bits per heavy atom. The Balaban J connectivity index is 2.08. The normalized spacial score (nSPS) is 10.3. The number of nitriles is 1. The fourth-order valence-electron chi connectivity index (χ4n) is 2.00. The van der Waals surface area contributed by atoms with Crippen LogP contribution in [0.25, 0.3) is 10.9 Å². The highest BCUT2D eigenvalue weighted by molar-refractivity contribution is 5.91. The fourth-order valence-corrected chi connectivity index (χ4v) is 2.00. The number of aromatic nitrogens is 2. The average molecular weight is 279 g/mol. The van der Waals surface area contributed by atoms with Gasteiger partial charge >= 0.3 is 0 Å². The van der Waals surface area contributed by atoms with E-state index in [0.29, 0.717) is 11.3 Å². The minimum atomic E-state index is -0.532. The van der Waals surface area contributed by atoms with E-state index in [9.17, 15) is 4.39 Å². The third-order valence-electron chi connectivity index (χ3n) is 2.97. The molecule has 0 aliphatic heterocycles. The lowest BCUT2D eigenvalue weighted by Gasteiger charge is -2.10. The first-order chi connectivity index (χ1) is 10.2. The Bertz CT molecular complexity index is 870. The van der Waals surface area contributed by atoms with Crippen LogP contribution in [0.3, 0.4) is 0 Å². The molecule has 1 aromatic heterocycles. The standard InChI is InChI=1S/C15H10FN5/c16-11-7-9(8-17)5-6-13(11)19-14-10-3-1-2-4-12(10)20-15(18)21-14/h1-7H,(H3,18,19,20,21). The quantitative estimate of drug-likeness (QED) is 0.753. The first-order valence-electron chi connectivity index (χ1n) is 6.16. The molecule has 102 valence electrons. The molecule has 3 N–H and O–H groups in total. The Hall–Kier alpha value is -3.20. The van der Waals surface area contributed by atoms with Gasteiger partial charge in [0.05, 0.1) is 22.8 Å². The molecule has 0 amide bonds. The number of hydrogen-bond donors (Lipinski definition) is 2. The Morgan fingerprint density at radius 2 is 1.95 bits per heavy atom. The van der Waals surface area contributed by atoms with Crippen molar-refractivity contribution in [1.82, 2.24) is 9.97 Å². The average Bonchev–Trinajstić information content (AvgIpc) is 2.49. The largest absolute Gasteiger partial charge is 0.368 e. The van der Waals surface area contributed by atoms with Crippen molar-refractivity contribution >= 4 is 28.4 Å². The highest BCUT2D eigenvalue weighted by Gasteiger charge is 2.09. The zero-order valence-electron chi connectivity index (χ0n) is 10.8. The molecule has 21 heavy (non-hydrogen) atoms. The summed E-state index contributed by atoms with van der Waals surface area (Å²) in [5, 5.41) is 12.4. The summed E-state index contributed by atoms with van der Waals surface area (Å²) in [5.74, 6) is -0.0118. The number of rotatable bonds is 2. The third kappa shape index (κ3) is 2.44. The molecule has 3 rings (SSSR count). The second-order valence-electron chi connectivity index (χ2n) is 4.38. The lowest BCUT2D eigenvalue weighted by molar-refractivity contribution is 0.631. The summed E-state index contributed by atoms with van der Waals surface area (Å²) in [5.41, 5.74) is 6.81. The summed E-state index contributed by atoms with van der Waals surface area (Å²) >= 11 is 0. The maximum atomic E-state index is 13.9. The number of anilines is 3. The van der Waals surface area contributed by atoms with Crippen LogP contribution < -0.4 is 11.1 Å². The number of nitrogens with one attached hydrogen (secondary N) is 1. The smallest absolute Gasteiger partial charge is 0.222 e. The van der Waals surface area contributed by atoms with E-state index in [1.165, 1.54) is 12.1 Å². The molecule has 0 atom stereocenters. The molecule has 0 fully saturated rings. The van der Waals surface area contributed by atoms with Crippen LogP contribution in [0.1, 0.15) is 5.56 Å². The predicted octanol–water partition coefficient (Wildman–Crippen LogP) is 2.97. The van der Waals surface area contributed by atoms with Crippen molar-refractivity contribution in [1.29, 1.82) is 5.26 Å². The van der Waals surface area contributed by atoms with Crippen molar-refractivity contribution in [2.75, 3.05) is 11.1 Å². The van der Waals surface area contributed by atoms with Gasteiger partial charge in [-0.3, -0.25) is 0 Å². The van der Waals surface area contributed by atoms with Crippen LogP contribution >= 0.6 is 0 Å². The molecule has 0 aliphatic rings. The Morgan fingerprint density at radius 1 is 1.14 bits per heavy atom. The van der Waals surface area contributed by atoms with E-state index in [0.717, 1.165) is 11.5 Å². The molecule has 0 bridgehead atoms. The number of hydrogen-bond acceptors (Lipinski definition) is 5. The molecule has 0 aliphatic carbocycles. The van der Waals surface area contributed by atoms with Crippen LogP contribution in [0.15, 0.2) is 42.5 Å². The highest BCUT2D eigenvalue weighted by Crippen LogP contribution is 2.26. The van der Waals surface area contributed by atoms with Gasteiger partial charge in [0.15, 0.2) is 0 Å². The van der Waals surface area contributed by atoms with Crippen LogP contribution in [0.2, 0.25) is 0 Å². The maximum Gasteiger partial charge on any atom is 0.222 e. The van der Waals surface area contributed by atoms with Crippen LogP contribution in [0.5, 0.6) is 0 Å². The monoisotopic (exact) mass is 279 g/mol. The fraction of sp³-hybridized carbons (Fsp3) is 0. The summed E-state index contributed by atoms with van der Waals surface area (Å²) in [6, 6.07) is 13.3. The van der Waals surface area contributed by atoms with Crippen LogP contribution in [-0.2, 0) is 0 Å². The molecule has 2 aromatic carbocycles. The number of halogens is 1. The van der Waals surface area contributed by atoms with Gasteiger partial charge < -0.3 is 11.1 Å². The number of nitrogens with zero attached hydrogens (tertiary/aromatic N) is 3. The van der Waals surface area contributed by atoms with Crippen molar-refractivity contribution in [2.24, 2.45) is 0 Å². The second kappa shape index (κ2) is 5.06. The molecule has 6 heteroatoms. The van der Waals surface area contributed by atoms with Crippen molar-refractivity contribution in [3.63, 3.8) is 0 Å². The summed E-state index contributed by atoms with van der Waals surface area (Å²) in [7, 11) is 0. The predicted molar refractivity (Wildman–Crippen MR) is 78.3 cm³/mol. The second-order valence-corrected chi connectivity index (χ2v) is 4.38. The van der Waals surface area contributed by atoms with Gasteiger partial charge in [-0.1, -0.05) is 12.1 Å². The van der Waals surface area contributed by atoms with Gasteiger partial charge in [-0.2, -0.15) is 10.2 Å². The van der Waals surface area contributed by atoms with Gasteiger partial charge in [0.2, 0.25) is 5.95 Å². The molecule has 5 nitrogen and oxygen atoms in total. The summed E-state index contributed by atoms with van der Waals surface area (Å²) in [4.78, 5) is 8.22.